The number of hydrogen-bond acceptors (Lipinski definition) is 1. The van der Waals surface area contributed by atoms with E-state index in [1.54, 1.807) is 16.7 Å². The minimum absolute atomic E-state index is 0.847. The van der Waals surface area contributed by atoms with Crippen molar-refractivity contribution in [2.75, 3.05) is 20.1 Å². The Morgan fingerprint density at radius 3 is 2.91 bits per heavy atom. The highest BCUT2D eigenvalue weighted by atomic mass is 15.1. The standard InChI is InChI=1S/C22H27N/c1-23-12-11-18(16-23)13-17-9-10-22-15-21-6-3-2-5-19(21)7-4-8-20(22)14-17/h2,4-5,7,9-10,14,18H,3,6,8,11-13,15-16H2,1H3. The Bertz CT molecular complexity index is 677. The number of allylic oxidation sites excluding steroid dienone is 6. The molecule has 120 valence electrons. The molecule has 0 aromatic heterocycles. The first kappa shape index (κ1) is 15.0. The zero-order valence-corrected chi connectivity index (χ0v) is 14.2. The van der Waals surface area contributed by atoms with Crippen LogP contribution in [0.25, 0.3) is 0 Å². The van der Waals surface area contributed by atoms with Crippen LogP contribution in [0.4, 0.5) is 0 Å². The molecule has 1 heteroatoms. The Hall–Kier alpha value is -1.60. The van der Waals surface area contributed by atoms with Gasteiger partial charge in [0.15, 0.2) is 0 Å². The van der Waals surface area contributed by atoms with Crippen LogP contribution in [0.1, 0.15) is 36.0 Å². The Morgan fingerprint density at radius 2 is 2.04 bits per heavy atom. The first-order valence-electron chi connectivity index (χ1n) is 9.12. The molecule has 0 bridgehead atoms. The third kappa shape index (κ3) is 3.35. The maximum Gasteiger partial charge on any atom is 0.00103 e. The van der Waals surface area contributed by atoms with E-state index >= 15 is 0 Å². The van der Waals surface area contributed by atoms with Crippen molar-refractivity contribution in [1.82, 2.24) is 4.90 Å². The van der Waals surface area contributed by atoms with E-state index in [0.29, 0.717) is 0 Å². The van der Waals surface area contributed by atoms with Gasteiger partial charge >= 0.3 is 0 Å². The van der Waals surface area contributed by atoms with Crippen molar-refractivity contribution in [3.8, 4) is 0 Å². The highest BCUT2D eigenvalue weighted by Gasteiger charge is 2.20. The quantitative estimate of drug-likeness (QED) is 0.778. The SMILES string of the molecule is CN1CCC(Cc2ccc3c(c2)CC=CC2=C(CCC=C2)C3)C1. The number of likely N-dealkylation sites (tertiary alicyclic amines) is 1. The molecule has 0 saturated carbocycles. The molecule has 1 aromatic carbocycles. The lowest BCUT2D eigenvalue weighted by Crippen LogP contribution is -2.15. The molecule has 1 aliphatic heterocycles. The fraction of sp³-hybridized carbons (Fsp3) is 0.455. The fourth-order valence-corrected chi connectivity index (χ4v) is 4.33. The average Bonchev–Trinajstić information content (AvgIpc) is 2.94. The summed E-state index contributed by atoms with van der Waals surface area (Å²) < 4.78 is 0. The van der Waals surface area contributed by atoms with E-state index in [9.17, 15) is 0 Å². The van der Waals surface area contributed by atoms with Crippen molar-refractivity contribution < 1.29 is 0 Å². The molecule has 1 heterocycles. The van der Waals surface area contributed by atoms with Gasteiger partial charge in [0.25, 0.3) is 0 Å². The topological polar surface area (TPSA) is 3.24 Å². The van der Waals surface area contributed by atoms with Crippen molar-refractivity contribution in [2.24, 2.45) is 5.92 Å². The van der Waals surface area contributed by atoms with Crippen LogP contribution in [0.5, 0.6) is 0 Å². The molecular weight excluding hydrogens is 278 g/mol. The van der Waals surface area contributed by atoms with Crippen LogP contribution in [0, 0.1) is 5.92 Å². The lowest BCUT2D eigenvalue weighted by Gasteiger charge is -2.19. The predicted molar refractivity (Wildman–Crippen MR) is 97.7 cm³/mol. The summed E-state index contributed by atoms with van der Waals surface area (Å²) in [6.07, 6.45) is 16.6. The predicted octanol–water partition coefficient (Wildman–Crippen LogP) is 4.48. The van der Waals surface area contributed by atoms with Crippen molar-refractivity contribution in [1.29, 1.82) is 0 Å². The maximum absolute atomic E-state index is 2.49. The van der Waals surface area contributed by atoms with Crippen LogP contribution >= 0.6 is 0 Å². The van der Waals surface area contributed by atoms with E-state index in [1.165, 1.54) is 49.9 Å². The molecule has 1 atom stereocenters. The number of fused-ring (bicyclic) bond motifs is 1. The largest absolute Gasteiger partial charge is 0.306 e. The van der Waals surface area contributed by atoms with Crippen LogP contribution in [0.15, 0.2) is 53.6 Å². The Morgan fingerprint density at radius 1 is 1.13 bits per heavy atom. The van der Waals surface area contributed by atoms with Crippen LogP contribution in [-0.2, 0) is 19.3 Å². The van der Waals surface area contributed by atoms with Crippen molar-refractivity contribution in [3.63, 3.8) is 0 Å². The second-order valence-electron chi connectivity index (χ2n) is 7.51. The van der Waals surface area contributed by atoms with Crippen LogP contribution in [-0.4, -0.2) is 25.0 Å². The van der Waals surface area contributed by atoms with Gasteiger partial charge in [-0.15, -0.1) is 0 Å². The third-order valence-electron chi connectivity index (χ3n) is 5.64. The van der Waals surface area contributed by atoms with Crippen LogP contribution in [0.2, 0.25) is 0 Å². The number of rotatable bonds is 2. The van der Waals surface area contributed by atoms with Gasteiger partial charge in [0.1, 0.15) is 0 Å². The lowest BCUT2D eigenvalue weighted by molar-refractivity contribution is 0.394. The molecule has 23 heavy (non-hydrogen) atoms. The van der Waals surface area contributed by atoms with E-state index in [4.69, 9.17) is 0 Å². The number of hydrogen-bond donors (Lipinski definition) is 0. The molecule has 0 spiro atoms. The van der Waals surface area contributed by atoms with Gasteiger partial charge in [-0.2, -0.15) is 0 Å². The second-order valence-corrected chi connectivity index (χ2v) is 7.51. The summed E-state index contributed by atoms with van der Waals surface area (Å²) >= 11 is 0. The molecule has 2 aliphatic carbocycles. The summed E-state index contributed by atoms with van der Waals surface area (Å²) in [6, 6.07) is 7.29. The smallest absolute Gasteiger partial charge is 0.00103 e. The Labute approximate surface area is 140 Å². The molecule has 1 fully saturated rings. The maximum atomic E-state index is 2.49. The summed E-state index contributed by atoms with van der Waals surface area (Å²) in [6.45, 7) is 2.53. The van der Waals surface area contributed by atoms with E-state index in [0.717, 1.165) is 18.8 Å². The molecule has 0 amide bonds. The lowest BCUT2D eigenvalue weighted by atomic mass is 9.86. The van der Waals surface area contributed by atoms with Gasteiger partial charge in [0.2, 0.25) is 0 Å². The number of benzene rings is 1. The highest BCUT2D eigenvalue weighted by molar-refractivity contribution is 5.45. The normalized spacial score (nSPS) is 24.3. The molecule has 1 saturated heterocycles. The molecule has 0 radical (unpaired) electrons. The molecule has 1 aromatic rings. The molecule has 1 unspecified atom stereocenters. The van der Waals surface area contributed by atoms with Gasteiger partial charge in [-0.3, -0.25) is 0 Å². The van der Waals surface area contributed by atoms with Gasteiger partial charge in [-0.25, -0.2) is 0 Å². The highest BCUT2D eigenvalue weighted by Crippen LogP contribution is 2.29. The van der Waals surface area contributed by atoms with Gasteiger partial charge in [0.05, 0.1) is 0 Å². The first-order chi connectivity index (χ1) is 11.3. The zero-order valence-electron chi connectivity index (χ0n) is 14.2. The van der Waals surface area contributed by atoms with E-state index in [2.05, 4.69) is 54.5 Å². The van der Waals surface area contributed by atoms with E-state index in [-0.39, 0.29) is 0 Å². The fourth-order valence-electron chi connectivity index (χ4n) is 4.33. The first-order valence-corrected chi connectivity index (χ1v) is 9.12. The monoisotopic (exact) mass is 305 g/mol. The Balaban J connectivity index is 1.55. The number of nitrogens with zero attached hydrogens (tertiary/aromatic N) is 1. The van der Waals surface area contributed by atoms with Crippen molar-refractivity contribution >= 4 is 0 Å². The molecule has 0 N–H and O–H groups in total. The van der Waals surface area contributed by atoms with Gasteiger partial charge < -0.3 is 4.90 Å². The van der Waals surface area contributed by atoms with Gasteiger partial charge in [0, 0.05) is 6.54 Å². The van der Waals surface area contributed by atoms with E-state index < -0.39 is 0 Å². The van der Waals surface area contributed by atoms with Gasteiger partial charge in [-0.1, -0.05) is 48.1 Å². The second kappa shape index (κ2) is 6.49. The Kier molecular flexibility index (Phi) is 4.22. The summed E-state index contributed by atoms with van der Waals surface area (Å²) in [5, 5.41) is 0. The van der Waals surface area contributed by atoms with E-state index in [1.807, 2.05) is 0 Å². The average molecular weight is 305 g/mol. The minimum Gasteiger partial charge on any atom is -0.306 e. The molecule has 3 aliphatic rings. The summed E-state index contributed by atoms with van der Waals surface area (Å²) in [7, 11) is 2.25. The van der Waals surface area contributed by atoms with Crippen molar-refractivity contribution in [2.45, 2.75) is 38.5 Å². The molecular formula is C22H27N. The van der Waals surface area contributed by atoms with Crippen LogP contribution < -0.4 is 0 Å². The minimum atomic E-state index is 0.847. The van der Waals surface area contributed by atoms with Crippen LogP contribution in [0.3, 0.4) is 0 Å². The zero-order chi connectivity index (χ0) is 15.6. The summed E-state index contributed by atoms with van der Waals surface area (Å²) in [4.78, 5) is 2.46. The molecule has 4 rings (SSSR count). The molecule has 1 nitrogen and oxygen atoms in total. The third-order valence-corrected chi connectivity index (χ3v) is 5.64. The van der Waals surface area contributed by atoms with Gasteiger partial charge in [-0.05, 0) is 80.3 Å². The summed E-state index contributed by atoms with van der Waals surface area (Å²) in [5.74, 6) is 0.847. The summed E-state index contributed by atoms with van der Waals surface area (Å²) in [5.41, 5.74) is 7.71. The van der Waals surface area contributed by atoms with Crippen molar-refractivity contribution in [3.05, 3.63) is 70.3 Å².